The fourth-order valence-electron chi connectivity index (χ4n) is 7.25. The zero-order valence-corrected chi connectivity index (χ0v) is 20.1. The van der Waals surface area contributed by atoms with Gasteiger partial charge in [0.05, 0.1) is 12.1 Å². The summed E-state index contributed by atoms with van der Waals surface area (Å²) in [5, 5.41) is 12.0. The van der Waals surface area contributed by atoms with Crippen molar-refractivity contribution in [3.05, 3.63) is 29.6 Å². The van der Waals surface area contributed by atoms with Crippen LogP contribution in [0.3, 0.4) is 0 Å². The highest BCUT2D eigenvalue weighted by Crippen LogP contribution is 2.52. The molecule has 5 rings (SSSR count). The molecular weight excluding hydrogens is 414 g/mol. The molecule has 1 aromatic rings. The summed E-state index contributed by atoms with van der Waals surface area (Å²) >= 11 is 0. The summed E-state index contributed by atoms with van der Waals surface area (Å²) in [4.78, 5) is 34.5. The summed E-state index contributed by atoms with van der Waals surface area (Å²) < 4.78 is 0. The number of rotatable bonds is 5. The third-order valence-electron chi connectivity index (χ3n) is 9.18. The Labute approximate surface area is 197 Å². The molecule has 180 valence electrons. The molecule has 2 aliphatic carbocycles. The maximum absolute atomic E-state index is 13.4. The predicted octanol–water partition coefficient (Wildman–Crippen LogP) is 4.17. The number of hydrogen-bond acceptors (Lipinski definition) is 4. The maximum atomic E-state index is 13.4. The molecule has 2 saturated carbocycles. The van der Waals surface area contributed by atoms with E-state index >= 15 is 0 Å². The van der Waals surface area contributed by atoms with Gasteiger partial charge < -0.3 is 14.9 Å². The lowest BCUT2D eigenvalue weighted by atomic mass is 9.65. The minimum atomic E-state index is -0.954. The Morgan fingerprint density at radius 1 is 1.18 bits per heavy atom. The summed E-state index contributed by atoms with van der Waals surface area (Å²) in [7, 11) is 0. The lowest BCUT2D eigenvalue weighted by Crippen LogP contribution is -2.64. The molecule has 2 atom stereocenters. The molecule has 33 heavy (non-hydrogen) atoms. The zero-order valence-electron chi connectivity index (χ0n) is 20.1. The Balaban J connectivity index is 1.28. The highest BCUT2D eigenvalue weighted by molar-refractivity contribution is 5.96. The van der Waals surface area contributed by atoms with Crippen LogP contribution in [-0.2, 0) is 11.3 Å². The van der Waals surface area contributed by atoms with E-state index in [0.717, 1.165) is 37.7 Å². The number of carbonyl (C=O) groups is 2. The lowest BCUT2D eigenvalue weighted by Gasteiger charge is -2.53. The van der Waals surface area contributed by atoms with Crippen LogP contribution in [0.5, 0.6) is 0 Å². The molecule has 4 aliphatic rings. The minimum Gasteiger partial charge on any atom is -0.387 e. The average molecular weight is 454 g/mol. The first-order valence-corrected chi connectivity index (χ1v) is 13.2. The van der Waals surface area contributed by atoms with Gasteiger partial charge in [-0.25, -0.2) is 0 Å². The van der Waals surface area contributed by atoms with Crippen LogP contribution in [0.4, 0.5) is 0 Å². The first kappa shape index (κ1) is 22.8. The summed E-state index contributed by atoms with van der Waals surface area (Å²) in [6.45, 7) is 4.17. The third-order valence-corrected chi connectivity index (χ3v) is 9.18. The van der Waals surface area contributed by atoms with E-state index in [-0.39, 0.29) is 23.1 Å². The van der Waals surface area contributed by atoms with Crippen LogP contribution in [0.1, 0.15) is 93.6 Å². The predicted molar refractivity (Wildman–Crippen MR) is 126 cm³/mol. The van der Waals surface area contributed by atoms with Crippen molar-refractivity contribution in [3.63, 3.8) is 0 Å². The Morgan fingerprint density at radius 3 is 2.67 bits per heavy atom. The molecule has 0 radical (unpaired) electrons. The van der Waals surface area contributed by atoms with Crippen molar-refractivity contribution in [2.45, 2.75) is 89.7 Å². The number of fused-ring (bicyclic) bond motifs is 1. The second kappa shape index (κ2) is 9.01. The SMILES string of the molecule is CC(CC1CCCCC1)C(=O)N1CCC(O)(CN2Cc3cccnc3C2=O)C2(CCCC2)C1. The molecule has 0 bridgehead atoms. The molecule has 2 amide bonds. The van der Waals surface area contributed by atoms with E-state index in [2.05, 4.69) is 16.8 Å². The van der Waals surface area contributed by atoms with E-state index in [1.54, 1.807) is 11.1 Å². The number of aliphatic hydroxyl groups is 1. The van der Waals surface area contributed by atoms with Gasteiger partial charge in [-0.05, 0) is 37.7 Å². The number of carbonyl (C=O) groups excluding carboxylic acids is 2. The maximum Gasteiger partial charge on any atom is 0.273 e. The van der Waals surface area contributed by atoms with Crippen LogP contribution in [0.15, 0.2) is 18.3 Å². The molecule has 2 aliphatic heterocycles. The molecule has 3 heterocycles. The highest BCUT2D eigenvalue weighted by atomic mass is 16.3. The summed E-state index contributed by atoms with van der Waals surface area (Å²) in [5.41, 5.74) is 0.194. The summed E-state index contributed by atoms with van der Waals surface area (Å²) in [5.74, 6) is 0.935. The van der Waals surface area contributed by atoms with Crippen LogP contribution >= 0.6 is 0 Å². The molecule has 6 heteroatoms. The van der Waals surface area contributed by atoms with Gasteiger partial charge in [0.1, 0.15) is 5.69 Å². The van der Waals surface area contributed by atoms with Gasteiger partial charge in [0.25, 0.3) is 5.91 Å². The van der Waals surface area contributed by atoms with Gasteiger partial charge in [0.15, 0.2) is 0 Å². The van der Waals surface area contributed by atoms with Gasteiger partial charge in [0.2, 0.25) is 5.91 Å². The van der Waals surface area contributed by atoms with Crippen molar-refractivity contribution < 1.29 is 14.7 Å². The third kappa shape index (κ3) is 4.20. The standard InChI is InChI=1S/C27H39N3O3/c1-20(16-21-8-3-2-4-9-21)24(31)29-15-13-27(33,26(18-29)11-5-6-12-26)19-30-17-22-10-7-14-28-23(22)25(30)32/h7,10,14,20-21,33H,2-6,8-9,11-13,15-19H2,1H3. The van der Waals surface area contributed by atoms with E-state index in [9.17, 15) is 14.7 Å². The van der Waals surface area contributed by atoms with Crippen LogP contribution < -0.4 is 0 Å². The zero-order chi connectivity index (χ0) is 23.1. The molecular formula is C27H39N3O3. The lowest BCUT2D eigenvalue weighted by molar-refractivity contribution is -0.163. The van der Waals surface area contributed by atoms with Gasteiger partial charge in [-0.2, -0.15) is 0 Å². The van der Waals surface area contributed by atoms with Crippen molar-refractivity contribution in [3.8, 4) is 0 Å². The Morgan fingerprint density at radius 2 is 1.94 bits per heavy atom. The average Bonchev–Trinajstić information content (AvgIpc) is 3.42. The van der Waals surface area contributed by atoms with Gasteiger partial charge in [-0.3, -0.25) is 14.6 Å². The molecule has 0 aromatic carbocycles. The van der Waals surface area contributed by atoms with E-state index < -0.39 is 5.60 Å². The second-order valence-corrected chi connectivity index (χ2v) is 11.3. The summed E-state index contributed by atoms with van der Waals surface area (Å²) in [6, 6.07) is 3.81. The number of piperidine rings is 1. The first-order valence-electron chi connectivity index (χ1n) is 13.2. The van der Waals surface area contributed by atoms with Gasteiger partial charge in [-0.15, -0.1) is 0 Å². The fraction of sp³-hybridized carbons (Fsp3) is 0.741. The number of hydrogen-bond donors (Lipinski definition) is 1. The number of β-amino-alcohol motifs (C(OH)–C–C–N with tert-alkyl or cyclic N) is 1. The molecule has 6 nitrogen and oxygen atoms in total. The van der Waals surface area contributed by atoms with E-state index in [0.29, 0.717) is 44.2 Å². The largest absolute Gasteiger partial charge is 0.387 e. The highest BCUT2D eigenvalue weighted by Gasteiger charge is 2.57. The number of nitrogens with zero attached hydrogens (tertiary/aromatic N) is 3. The fourth-order valence-corrected chi connectivity index (χ4v) is 7.25. The smallest absolute Gasteiger partial charge is 0.273 e. The number of amides is 2. The summed E-state index contributed by atoms with van der Waals surface area (Å²) in [6.07, 6.45) is 13.7. The van der Waals surface area contributed by atoms with Gasteiger partial charge in [0, 0.05) is 42.7 Å². The van der Waals surface area contributed by atoms with Crippen LogP contribution in [0, 0.1) is 17.3 Å². The van der Waals surface area contributed by atoms with E-state index in [1.165, 1.54) is 32.1 Å². The van der Waals surface area contributed by atoms with Gasteiger partial charge in [-0.1, -0.05) is 57.9 Å². The van der Waals surface area contributed by atoms with Crippen molar-refractivity contribution >= 4 is 11.8 Å². The number of pyridine rings is 1. The first-order chi connectivity index (χ1) is 15.9. The Bertz CT molecular complexity index is 890. The molecule has 2 unspecified atom stereocenters. The molecule has 1 N–H and O–H groups in total. The van der Waals surface area contributed by atoms with Crippen molar-refractivity contribution in [1.29, 1.82) is 0 Å². The van der Waals surface area contributed by atoms with Gasteiger partial charge >= 0.3 is 0 Å². The molecule has 1 saturated heterocycles. The molecule has 3 fully saturated rings. The monoisotopic (exact) mass is 453 g/mol. The van der Waals surface area contributed by atoms with E-state index in [4.69, 9.17) is 0 Å². The van der Waals surface area contributed by atoms with E-state index in [1.807, 2.05) is 12.1 Å². The van der Waals surface area contributed by atoms with Crippen LogP contribution in [0.2, 0.25) is 0 Å². The Kier molecular flexibility index (Phi) is 6.23. The van der Waals surface area contributed by atoms with Crippen molar-refractivity contribution in [2.75, 3.05) is 19.6 Å². The number of aromatic nitrogens is 1. The topological polar surface area (TPSA) is 73.7 Å². The minimum absolute atomic E-state index is 0.0541. The van der Waals surface area contributed by atoms with Crippen molar-refractivity contribution in [1.82, 2.24) is 14.8 Å². The van der Waals surface area contributed by atoms with Crippen molar-refractivity contribution in [2.24, 2.45) is 17.3 Å². The Hall–Kier alpha value is -1.95. The number of likely N-dealkylation sites (tertiary alicyclic amines) is 1. The van der Waals surface area contributed by atoms with Crippen LogP contribution in [-0.4, -0.2) is 56.9 Å². The quantitative estimate of drug-likeness (QED) is 0.726. The van der Waals surface area contributed by atoms with Crippen LogP contribution in [0.25, 0.3) is 0 Å². The molecule has 1 spiro atoms. The second-order valence-electron chi connectivity index (χ2n) is 11.3. The normalized spacial score (nSPS) is 28.4. The molecule has 1 aromatic heterocycles.